The molecule has 2 rings (SSSR count). The van der Waals surface area contributed by atoms with Crippen LogP contribution in [0.4, 0.5) is 5.69 Å². The van der Waals surface area contributed by atoms with E-state index in [-0.39, 0.29) is 17.5 Å². The smallest absolute Gasteiger partial charge is 0.166 e. The maximum absolute atomic E-state index is 12.2. The number of carbonyl (C=O) groups excluding carboxylic acids is 2. The fourth-order valence-corrected chi connectivity index (χ4v) is 2.53. The van der Waals surface area contributed by atoms with E-state index in [1.165, 1.54) is 18.2 Å². The number of hydrogen-bond acceptors (Lipinski definition) is 3. The minimum atomic E-state index is -0.223. The van der Waals surface area contributed by atoms with Crippen LogP contribution < -0.4 is 4.90 Å². The lowest BCUT2D eigenvalue weighted by Gasteiger charge is -2.13. The molecule has 0 amide bonds. The Kier molecular flexibility index (Phi) is 3.50. The van der Waals surface area contributed by atoms with Gasteiger partial charge >= 0.3 is 0 Å². The van der Waals surface area contributed by atoms with Crippen molar-refractivity contribution in [3.8, 4) is 0 Å². The summed E-state index contributed by atoms with van der Waals surface area (Å²) in [7, 11) is 2.06. The quantitative estimate of drug-likeness (QED) is 0.765. The minimum absolute atomic E-state index is 0.0664. The van der Waals surface area contributed by atoms with Crippen molar-refractivity contribution in [2.75, 3.05) is 18.5 Å². The maximum Gasteiger partial charge on any atom is 0.166 e. The van der Waals surface area contributed by atoms with Gasteiger partial charge in [-0.05, 0) is 37.1 Å². The van der Waals surface area contributed by atoms with Crippen molar-refractivity contribution in [1.82, 2.24) is 0 Å². The van der Waals surface area contributed by atoms with Gasteiger partial charge in [-0.3, -0.25) is 4.79 Å². The van der Waals surface area contributed by atoms with Gasteiger partial charge in [-0.15, -0.1) is 0 Å². The Morgan fingerprint density at radius 3 is 2.78 bits per heavy atom. The van der Waals surface area contributed by atoms with Crippen LogP contribution in [0.3, 0.4) is 0 Å². The summed E-state index contributed by atoms with van der Waals surface area (Å²) in [5.41, 5.74) is 3.18. The Labute approximate surface area is 108 Å². The van der Waals surface area contributed by atoms with Crippen LogP contribution >= 0.6 is 0 Å². The lowest BCUT2D eigenvalue weighted by Crippen LogP contribution is -2.15. The van der Waals surface area contributed by atoms with E-state index >= 15 is 0 Å². The third-order valence-corrected chi connectivity index (χ3v) is 3.53. The van der Waals surface area contributed by atoms with E-state index in [2.05, 4.69) is 11.9 Å². The molecule has 1 aromatic rings. The fourth-order valence-electron chi connectivity index (χ4n) is 2.53. The lowest BCUT2D eigenvalue weighted by atomic mass is 9.93. The molecule has 1 unspecified atom stereocenters. The molecule has 0 spiro atoms. The number of Topliss-reactive ketones (excluding diaryl/α,β-unsaturated/α-hetero) is 2. The van der Waals surface area contributed by atoms with Crippen LogP contribution in [0, 0.1) is 5.92 Å². The highest BCUT2D eigenvalue weighted by molar-refractivity contribution is 6.00. The molecule has 1 aromatic carbocycles. The van der Waals surface area contributed by atoms with Crippen molar-refractivity contribution in [2.45, 2.75) is 26.7 Å². The molecule has 3 heteroatoms. The zero-order valence-electron chi connectivity index (χ0n) is 11.2. The van der Waals surface area contributed by atoms with Crippen LogP contribution in [0.1, 0.15) is 36.2 Å². The number of hydrogen-bond donors (Lipinski definition) is 0. The van der Waals surface area contributed by atoms with Crippen molar-refractivity contribution in [3.05, 3.63) is 29.3 Å². The fraction of sp³-hybridized carbons (Fsp3) is 0.467. The molecule has 0 aromatic heterocycles. The summed E-state index contributed by atoms with van der Waals surface area (Å²) in [6.07, 6.45) is 1.32. The summed E-state index contributed by atoms with van der Waals surface area (Å²) in [5, 5.41) is 0. The first-order valence-electron chi connectivity index (χ1n) is 6.36. The molecule has 0 radical (unpaired) electrons. The molecule has 96 valence electrons. The van der Waals surface area contributed by atoms with Crippen LogP contribution in [0.15, 0.2) is 18.2 Å². The van der Waals surface area contributed by atoms with Gasteiger partial charge in [-0.25, -0.2) is 0 Å². The zero-order valence-corrected chi connectivity index (χ0v) is 11.2. The number of benzene rings is 1. The topological polar surface area (TPSA) is 37.4 Å². The Morgan fingerprint density at radius 1 is 1.39 bits per heavy atom. The van der Waals surface area contributed by atoms with Crippen molar-refractivity contribution in [1.29, 1.82) is 0 Å². The Balaban J connectivity index is 2.20. The highest BCUT2D eigenvalue weighted by Gasteiger charge is 2.21. The summed E-state index contributed by atoms with van der Waals surface area (Å²) in [5.74, 6) is -0.0843. The Morgan fingerprint density at radius 2 is 2.11 bits per heavy atom. The van der Waals surface area contributed by atoms with E-state index in [0.29, 0.717) is 6.42 Å². The number of carbonyl (C=O) groups is 2. The minimum Gasteiger partial charge on any atom is -0.374 e. The van der Waals surface area contributed by atoms with E-state index in [0.717, 1.165) is 18.5 Å². The first-order chi connectivity index (χ1) is 8.49. The average molecular weight is 245 g/mol. The normalized spacial score (nSPS) is 15.4. The van der Waals surface area contributed by atoms with Gasteiger partial charge in [0.15, 0.2) is 5.78 Å². The van der Waals surface area contributed by atoms with Gasteiger partial charge in [-0.1, -0.05) is 6.92 Å². The van der Waals surface area contributed by atoms with Crippen LogP contribution in [0.5, 0.6) is 0 Å². The van der Waals surface area contributed by atoms with E-state index in [1.54, 1.807) is 0 Å². The van der Waals surface area contributed by atoms with Crippen molar-refractivity contribution >= 4 is 17.3 Å². The van der Waals surface area contributed by atoms with E-state index in [9.17, 15) is 9.59 Å². The van der Waals surface area contributed by atoms with Crippen molar-refractivity contribution in [3.63, 3.8) is 0 Å². The van der Waals surface area contributed by atoms with Gasteiger partial charge in [0.1, 0.15) is 5.78 Å². The highest BCUT2D eigenvalue weighted by Crippen LogP contribution is 2.28. The molecule has 0 fully saturated rings. The third-order valence-electron chi connectivity index (χ3n) is 3.53. The monoisotopic (exact) mass is 245 g/mol. The molecule has 0 bridgehead atoms. The van der Waals surface area contributed by atoms with Gasteiger partial charge in [0.2, 0.25) is 0 Å². The number of fused-ring (bicyclic) bond motifs is 1. The molecular weight excluding hydrogens is 226 g/mol. The molecular formula is C15H19NO2. The SMILES string of the molecule is CC(=O)CC(C)C(=O)c1ccc2c(c1)CCN2C. The molecule has 1 atom stereocenters. The van der Waals surface area contributed by atoms with E-state index in [4.69, 9.17) is 0 Å². The second-order valence-electron chi connectivity index (χ2n) is 5.19. The summed E-state index contributed by atoms with van der Waals surface area (Å²) >= 11 is 0. The zero-order chi connectivity index (χ0) is 13.3. The molecule has 0 saturated carbocycles. The van der Waals surface area contributed by atoms with Crippen LogP contribution in [0.25, 0.3) is 0 Å². The first kappa shape index (κ1) is 12.8. The van der Waals surface area contributed by atoms with Gasteiger partial charge in [0.25, 0.3) is 0 Å². The largest absolute Gasteiger partial charge is 0.374 e. The van der Waals surface area contributed by atoms with E-state index in [1.807, 2.05) is 25.1 Å². The summed E-state index contributed by atoms with van der Waals surface area (Å²) in [4.78, 5) is 25.5. The highest BCUT2D eigenvalue weighted by atomic mass is 16.1. The second kappa shape index (κ2) is 4.92. The van der Waals surface area contributed by atoms with Crippen LogP contribution in [-0.4, -0.2) is 25.2 Å². The lowest BCUT2D eigenvalue weighted by molar-refractivity contribution is -0.117. The number of anilines is 1. The third kappa shape index (κ3) is 2.45. The Hall–Kier alpha value is -1.64. The van der Waals surface area contributed by atoms with Crippen LogP contribution in [-0.2, 0) is 11.2 Å². The molecule has 1 aliphatic rings. The number of likely N-dealkylation sites (N-methyl/N-ethyl adjacent to an activating group) is 1. The van der Waals surface area contributed by atoms with Gasteiger partial charge < -0.3 is 9.69 Å². The molecule has 3 nitrogen and oxygen atoms in total. The molecule has 0 N–H and O–H groups in total. The van der Waals surface area contributed by atoms with Gasteiger partial charge in [0.05, 0.1) is 0 Å². The number of nitrogens with zero attached hydrogens (tertiary/aromatic N) is 1. The molecule has 18 heavy (non-hydrogen) atoms. The maximum atomic E-state index is 12.2. The first-order valence-corrected chi connectivity index (χ1v) is 6.36. The van der Waals surface area contributed by atoms with Crippen molar-refractivity contribution in [2.24, 2.45) is 5.92 Å². The van der Waals surface area contributed by atoms with Crippen LogP contribution in [0.2, 0.25) is 0 Å². The molecule has 1 heterocycles. The van der Waals surface area contributed by atoms with Crippen molar-refractivity contribution < 1.29 is 9.59 Å². The summed E-state index contributed by atoms with van der Waals surface area (Å²) < 4.78 is 0. The number of rotatable bonds is 4. The van der Waals surface area contributed by atoms with Gasteiger partial charge in [-0.2, -0.15) is 0 Å². The predicted octanol–water partition coefficient (Wildman–Crippen LogP) is 2.48. The number of ketones is 2. The molecule has 0 saturated heterocycles. The Bertz CT molecular complexity index is 493. The molecule has 0 aliphatic carbocycles. The standard InChI is InChI=1S/C15H19NO2/c1-10(8-11(2)17)15(18)13-4-5-14-12(9-13)6-7-16(14)3/h4-5,9-10H,6-8H2,1-3H3. The second-order valence-corrected chi connectivity index (χ2v) is 5.19. The summed E-state index contributed by atoms with van der Waals surface area (Å²) in [6.45, 7) is 4.36. The van der Waals surface area contributed by atoms with Gasteiger partial charge in [0, 0.05) is 37.2 Å². The molecule has 1 aliphatic heterocycles. The van der Waals surface area contributed by atoms with E-state index < -0.39 is 0 Å². The average Bonchev–Trinajstić information content (AvgIpc) is 2.69. The predicted molar refractivity (Wildman–Crippen MR) is 72.2 cm³/mol. The summed E-state index contributed by atoms with van der Waals surface area (Å²) in [6, 6.07) is 5.87.